The van der Waals surface area contributed by atoms with Crippen LogP contribution in [0.15, 0.2) is 52.5 Å². The Morgan fingerprint density at radius 3 is 2.58 bits per heavy atom. The van der Waals surface area contributed by atoms with Crippen LogP contribution in [0.5, 0.6) is 5.75 Å². The van der Waals surface area contributed by atoms with Gasteiger partial charge in [0.05, 0.1) is 22.2 Å². The lowest BCUT2D eigenvalue weighted by Crippen LogP contribution is -2.05. The number of halogens is 2. The van der Waals surface area contributed by atoms with E-state index in [1.807, 2.05) is 24.3 Å². The minimum Gasteiger partial charge on any atom is -0.488 e. The maximum absolute atomic E-state index is 12.9. The fourth-order valence-electron chi connectivity index (χ4n) is 3.31. The number of hydrogen-bond donors (Lipinski definition) is 0. The van der Waals surface area contributed by atoms with Crippen LogP contribution in [0.3, 0.4) is 0 Å². The lowest BCUT2D eigenvalue weighted by molar-refractivity contribution is -0.114. The van der Waals surface area contributed by atoms with Crippen LogP contribution in [0.25, 0.3) is 6.08 Å². The van der Waals surface area contributed by atoms with Crippen LogP contribution in [-0.2, 0) is 22.6 Å². The number of ketones is 1. The van der Waals surface area contributed by atoms with E-state index in [1.54, 1.807) is 38.1 Å². The van der Waals surface area contributed by atoms with Gasteiger partial charge in [-0.1, -0.05) is 35.9 Å². The Balaban J connectivity index is 1.78. The number of rotatable bonds is 9. The molecule has 3 aromatic rings. The van der Waals surface area contributed by atoms with Gasteiger partial charge in [-0.3, -0.25) is 4.79 Å². The van der Waals surface area contributed by atoms with Gasteiger partial charge in [-0.25, -0.2) is 4.79 Å². The molecule has 9 heteroatoms. The van der Waals surface area contributed by atoms with E-state index in [4.69, 9.17) is 21.1 Å². The lowest BCUT2D eigenvalue weighted by Gasteiger charge is -2.10. The van der Waals surface area contributed by atoms with Gasteiger partial charge in [0.15, 0.2) is 5.78 Å². The van der Waals surface area contributed by atoms with Gasteiger partial charge in [0.2, 0.25) is 0 Å². The predicted molar refractivity (Wildman–Crippen MR) is 142 cm³/mol. The SMILES string of the molecule is CCOC(=O)c1sc(CC(=O)/C(C#N)=C/c2ccc(OCc3ccccc3Cl)c(Br)c2)c(C#N)c1C. The highest BCUT2D eigenvalue weighted by Crippen LogP contribution is 2.31. The van der Waals surface area contributed by atoms with Gasteiger partial charge < -0.3 is 9.47 Å². The van der Waals surface area contributed by atoms with E-state index in [2.05, 4.69) is 22.0 Å². The highest BCUT2D eigenvalue weighted by atomic mass is 79.9. The number of benzene rings is 2. The van der Waals surface area contributed by atoms with Crippen molar-refractivity contribution >= 4 is 56.7 Å². The molecule has 1 heterocycles. The molecule has 0 aliphatic heterocycles. The minimum atomic E-state index is -0.534. The zero-order valence-corrected chi connectivity index (χ0v) is 22.6. The second-order valence-corrected chi connectivity index (χ2v) is 9.89. The molecule has 0 saturated carbocycles. The number of carbonyl (C=O) groups excluding carboxylic acids is 2. The minimum absolute atomic E-state index is 0.0701. The summed E-state index contributed by atoms with van der Waals surface area (Å²) in [6.45, 7) is 3.82. The fraction of sp³-hybridized carbons (Fsp3) is 0.185. The third kappa shape index (κ3) is 6.41. The van der Waals surface area contributed by atoms with E-state index in [9.17, 15) is 20.1 Å². The van der Waals surface area contributed by atoms with Crippen molar-refractivity contribution in [3.63, 3.8) is 0 Å². The summed E-state index contributed by atoms with van der Waals surface area (Å²) >= 11 is 10.7. The number of thiophene rings is 1. The quantitative estimate of drug-likeness (QED) is 0.156. The van der Waals surface area contributed by atoms with Crippen molar-refractivity contribution in [2.24, 2.45) is 0 Å². The molecule has 0 bridgehead atoms. The molecule has 36 heavy (non-hydrogen) atoms. The molecule has 0 amide bonds. The fourth-order valence-corrected chi connectivity index (χ4v) is 5.16. The summed E-state index contributed by atoms with van der Waals surface area (Å²) in [7, 11) is 0. The normalized spacial score (nSPS) is 10.9. The Morgan fingerprint density at radius 1 is 1.19 bits per heavy atom. The van der Waals surface area contributed by atoms with E-state index in [-0.39, 0.29) is 35.6 Å². The van der Waals surface area contributed by atoms with Gasteiger partial charge in [-0.05, 0) is 65.2 Å². The van der Waals surface area contributed by atoms with Crippen LogP contribution in [0.1, 0.15) is 43.7 Å². The average molecular weight is 584 g/mol. The lowest BCUT2D eigenvalue weighted by atomic mass is 10.0. The summed E-state index contributed by atoms with van der Waals surface area (Å²) in [5, 5.41) is 19.8. The zero-order chi connectivity index (χ0) is 26.2. The molecule has 0 spiro atoms. The Hall–Kier alpha value is -3.43. The maximum Gasteiger partial charge on any atom is 0.348 e. The number of carbonyl (C=O) groups is 2. The molecule has 0 aliphatic rings. The predicted octanol–water partition coefficient (Wildman–Crippen LogP) is 6.82. The van der Waals surface area contributed by atoms with Crippen molar-refractivity contribution < 1.29 is 19.1 Å². The molecule has 3 rings (SSSR count). The van der Waals surface area contributed by atoms with E-state index in [1.165, 1.54) is 6.08 Å². The van der Waals surface area contributed by atoms with Gasteiger partial charge in [-0.2, -0.15) is 10.5 Å². The summed E-state index contributed by atoms with van der Waals surface area (Å²) in [5.41, 5.74) is 2.13. The number of esters is 1. The Kier molecular flexibility index (Phi) is 9.44. The summed E-state index contributed by atoms with van der Waals surface area (Å²) in [6.07, 6.45) is 1.30. The molecule has 0 unspecified atom stereocenters. The van der Waals surface area contributed by atoms with Gasteiger partial charge in [0.1, 0.15) is 29.4 Å². The molecule has 0 atom stereocenters. The molecular formula is C27H20BrClN2O4S. The topological polar surface area (TPSA) is 100 Å². The monoisotopic (exact) mass is 582 g/mol. The standard InChI is InChI=1S/C27H20BrClN2O4S/c1-3-34-27(33)26-16(2)20(14-31)25(36-26)12-23(32)19(13-30)10-17-8-9-24(21(28)11-17)35-15-18-6-4-5-7-22(18)29/h4-11H,3,12,15H2,1-2H3/b19-10+. The third-order valence-electron chi connectivity index (χ3n) is 5.14. The Morgan fingerprint density at radius 2 is 1.94 bits per heavy atom. The van der Waals surface area contributed by atoms with Crippen molar-refractivity contribution in [2.45, 2.75) is 26.9 Å². The van der Waals surface area contributed by atoms with E-state index in [0.29, 0.717) is 31.2 Å². The zero-order valence-electron chi connectivity index (χ0n) is 19.4. The van der Waals surface area contributed by atoms with Gasteiger partial charge >= 0.3 is 5.97 Å². The first-order valence-corrected chi connectivity index (χ1v) is 12.8. The first kappa shape index (κ1) is 27.2. The van der Waals surface area contributed by atoms with Crippen molar-refractivity contribution in [3.05, 3.63) is 89.5 Å². The number of hydrogen-bond acceptors (Lipinski definition) is 7. The molecule has 2 aromatic carbocycles. The van der Waals surface area contributed by atoms with Gasteiger partial charge in [-0.15, -0.1) is 11.3 Å². The van der Waals surface area contributed by atoms with Crippen molar-refractivity contribution in [2.75, 3.05) is 6.61 Å². The second kappa shape index (κ2) is 12.5. The molecule has 6 nitrogen and oxygen atoms in total. The summed E-state index contributed by atoms with van der Waals surface area (Å²) < 4.78 is 11.5. The summed E-state index contributed by atoms with van der Waals surface area (Å²) in [6, 6.07) is 16.6. The summed E-state index contributed by atoms with van der Waals surface area (Å²) in [4.78, 5) is 25.8. The highest BCUT2D eigenvalue weighted by Gasteiger charge is 2.23. The molecule has 0 radical (unpaired) electrons. The number of nitrogens with zero attached hydrogens (tertiary/aromatic N) is 2. The number of nitriles is 2. The van der Waals surface area contributed by atoms with Crippen LogP contribution in [0, 0.1) is 29.6 Å². The molecule has 0 fully saturated rings. The first-order valence-electron chi connectivity index (χ1n) is 10.8. The molecule has 0 saturated heterocycles. The Bertz CT molecular complexity index is 1430. The molecule has 0 N–H and O–H groups in total. The second-order valence-electron chi connectivity index (χ2n) is 7.53. The van der Waals surface area contributed by atoms with E-state index in [0.717, 1.165) is 16.9 Å². The van der Waals surface area contributed by atoms with Crippen LogP contribution >= 0.6 is 38.9 Å². The van der Waals surface area contributed by atoms with Gasteiger partial charge in [0, 0.05) is 21.9 Å². The smallest absolute Gasteiger partial charge is 0.348 e. The van der Waals surface area contributed by atoms with Crippen LogP contribution < -0.4 is 4.74 Å². The number of Topliss-reactive ketones (excluding diaryl/α,β-unsaturated/α-hetero) is 1. The van der Waals surface area contributed by atoms with Gasteiger partial charge in [0.25, 0.3) is 0 Å². The van der Waals surface area contributed by atoms with E-state index >= 15 is 0 Å². The Labute approximate surface area is 226 Å². The third-order valence-corrected chi connectivity index (χ3v) is 7.40. The molecule has 182 valence electrons. The largest absolute Gasteiger partial charge is 0.488 e. The number of ether oxygens (including phenoxy) is 2. The molecular weight excluding hydrogens is 564 g/mol. The molecule has 1 aromatic heterocycles. The maximum atomic E-state index is 12.9. The van der Waals surface area contributed by atoms with Crippen molar-refractivity contribution in [1.29, 1.82) is 10.5 Å². The first-order chi connectivity index (χ1) is 17.3. The van der Waals surface area contributed by atoms with Crippen LogP contribution in [-0.4, -0.2) is 18.4 Å². The van der Waals surface area contributed by atoms with Crippen LogP contribution in [0.4, 0.5) is 0 Å². The summed E-state index contributed by atoms with van der Waals surface area (Å²) in [5.74, 6) is -0.412. The van der Waals surface area contributed by atoms with E-state index < -0.39 is 11.8 Å². The highest BCUT2D eigenvalue weighted by molar-refractivity contribution is 9.10. The van der Waals surface area contributed by atoms with Crippen LogP contribution in [0.2, 0.25) is 5.02 Å². The van der Waals surface area contributed by atoms with Crippen molar-refractivity contribution in [3.8, 4) is 17.9 Å². The van der Waals surface area contributed by atoms with Crippen molar-refractivity contribution in [1.82, 2.24) is 0 Å². The molecule has 0 aliphatic carbocycles. The number of allylic oxidation sites excluding steroid dienone is 1. The average Bonchev–Trinajstić information content (AvgIpc) is 3.17.